The minimum Gasteiger partial charge on any atom is -0.398 e. The fourth-order valence-electron chi connectivity index (χ4n) is 1.72. The molecule has 1 fully saturated rings. The van der Waals surface area contributed by atoms with E-state index in [2.05, 4.69) is 0 Å². The number of anilines is 1. The van der Waals surface area contributed by atoms with E-state index in [0.717, 1.165) is 0 Å². The SMILES string of the molecule is CN(CC1OCCO1)C(=O)c1ccccc1N. The fraction of sp³-hybridized carbons (Fsp3) is 0.417. The number of nitrogen functional groups attached to an aromatic ring is 1. The normalized spacial score (nSPS) is 16.1. The van der Waals surface area contributed by atoms with E-state index in [0.29, 0.717) is 31.0 Å². The maximum atomic E-state index is 12.1. The summed E-state index contributed by atoms with van der Waals surface area (Å²) in [7, 11) is 1.71. The lowest BCUT2D eigenvalue weighted by atomic mass is 10.1. The van der Waals surface area contributed by atoms with Crippen molar-refractivity contribution in [1.82, 2.24) is 4.90 Å². The Bertz CT molecular complexity index is 402. The zero-order chi connectivity index (χ0) is 12.3. The van der Waals surface area contributed by atoms with Crippen LogP contribution in [0.4, 0.5) is 5.69 Å². The van der Waals surface area contributed by atoms with Gasteiger partial charge >= 0.3 is 0 Å². The molecule has 0 unspecified atom stereocenters. The second kappa shape index (κ2) is 5.16. The van der Waals surface area contributed by atoms with Gasteiger partial charge < -0.3 is 20.1 Å². The third-order valence-corrected chi connectivity index (χ3v) is 2.65. The highest BCUT2D eigenvalue weighted by atomic mass is 16.7. The van der Waals surface area contributed by atoms with Crippen LogP contribution in [0.15, 0.2) is 24.3 Å². The number of rotatable bonds is 3. The molecule has 1 aromatic rings. The van der Waals surface area contributed by atoms with Gasteiger partial charge in [-0.3, -0.25) is 4.79 Å². The topological polar surface area (TPSA) is 64.8 Å². The lowest BCUT2D eigenvalue weighted by Gasteiger charge is -2.20. The van der Waals surface area contributed by atoms with Gasteiger partial charge in [-0.25, -0.2) is 0 Å². The lowest BCUT2D eigenvalue weighted by molar-refractivity contribution is -0.0543. The van der Waals surface area contributed by atoms with Crippen molar-refractivity contribution in [2.45, 2.75) is 6.29 Å². The zero-order valence-corrected chi connectivity index (χ0v) is 9.76. The molecule has 5 nitrogen and oxygen atoms in total. The summed E-state index contributed by atoms with van der Waals surface area (Å²) >= 11 is 0. The molecular weight excluding hydrogens is 220 g/mol. The molecule has 0 spiro atoms. The summed E-state index contributed by atoms with van der Waals surface area (Å²) in [6.07, 6.45) is -0.325. The van der Waals surface area contributed by atoms with Gasteiger partial charge in [-0.1, -0.05) is 12.1 Å². The fourth-order valence-corrected chi connectivity index (χ4v) is 1.72. The number of benzene rings is 1. The Balaban J connectivity index is 2.01. The molecule has 1 heterocycles. The monoisotopic (exact) mass is 236 g/mol. The van der Waals surface area contributed by atoms with E-state index < -0.39 is 0 Å². The molecule has 1 amide bonds. The van der Waals surface area contributed by atoms with Crippen molar-refractivity contribution in [3.05, 3.63) is 29.8 Å². The summed E-state index contributed by atoms with van der Waals surface area (Å²) in [6, 6.07) is 7.02. The molecule has 5 heteroatoms. The van der Waals surface area contributed by atoms with Gasteiger partial charge in [-0.15, -0.1) is 0 Å². The number of amides is 1. The number of hydrogen-bond donors (Lipinski definition) is 1. The zero-order valence-electron chi connectivity index (χ0n) is 9.76. The van der Waals surface area contributed by atoms with E-state index in [-0.39, 0.29) is 12.2 Å². The number of nitrogens with zero attached hydrogens (tertiary/aromatic N) is 1. The summed E-state index contributed by atoms with van der Waals surface area (Å²) in [6.45, 7) is 1.58. The van der Waals surface area contributed by atoms with Crippen LogP contribution in [0.5, 0.6) is 0 Å². The standard InChI is InChI=1S/C12H16N2O3/c1-14(8-11-16-6-7-17-11)12(15)9-4-2-3-5-10(9)13/h2-5,11H,6-8,13H2,1H3. The Labute approximate surface area is 100 Å². The number of para-hydroxylation sites is 1. The number of nitrogens with two attached hydrogens (primary N) is 1. The first-order valence-corrected chi connectivity index (χ1v) is 5.51. The molecule has 2 N–H and O–H groups in total. The van der Waals surface area contributed by atoms with Crippen LogP contribution in [0, 0.1) is 0 Å². The smallest absolute Gasteiger partial charge is 0.255 e. The highest BCUT2D eigenvalue weighted by molar-refractivity contribution is 5.98. The van der Waals surface area contributed by atoms with Crippen LogP contribution in [-0.4, -0.2) is 43.9 Å². The van der Waals surface area contributed by atoms with Crippen LogP contribution in [0.2, 0.25) is 0 Å². The van der Waals surface area contributed by atoms with Gasteiger partial charge in [-0.05, 0) is 12.1 Å². The predicted octanol–water partition coefficient (Wildman–Crippen LogP) is 0.714. The number of carbonyl (C=O) groups excluding carboxylic acids is 1. The summed E-state index contributed by atoms with van der Waals surface area (Å²) < 4.78 is 10.6. The molecule has 2 rings (SSSR count). The van der Waals surface area contributed by atoms with Gasteiger partial charge in [-0.2, -0.15) is 0 Å². The first-order valence-electron chi connectivity index (χ1n) is 5.51. The third kappa shape index (κ3) is 2.75. The second-order valence-corrected chi connectivity index (χ2v) is 3.94. The largest absolute Gasteiger partial charge is 0.398 e. The van der Waals surface area contributed by atoms with Crippen molar-refractivity contribution in [2.24, 2.45) is 0 Å². The predicted molar refractivity (Wildman–Crippen MR) is 63.5 cm³/mol. The van der Waals surface area contributed by atoms with Crippen LogP contribution >= 0.6 is 0 Å². The highest BCUT2D eigenvalue weighted by Crippen LogP contribution is 2.14. The van der Waals surface area contributed by atoms with Crippen LogP contribution in [0.1, 0.15) is 10.4 Å². The van der Waals surface area contributed by atoms with Gasteiger partial charge in [0.1, 0.15) is 0 Å². The van der Waals surface area contributed by atoms with E-state index in [1.807, 2.05) is 0 Å². The van der Waals surface area contributed by atoms with Crippen molar-refractivity contribution in [3.8, 4) is 0 Å². The number of hydrogen-bond acceptors (Lipinski definition) is 4. The van der Waals surface area contributed by atoms with Crippen molar-refractivity contribution < 1.29 is 14.3 Å². The molecule has 1 aliphatic heterocycles. The van der Waals surface area contributed by atoms with E-state index in [1.54, 1.807) is 36.2 Å². The Kier molecular flexibility index (Phi) is 3.61. The highest BCUT2D eigenvalue weighted by Gasteiger charge is 2.22. The van der Waals surface area contributed by atoms with E-state index >= 15 is 0 Å². The van der Waals surface area contributed by atoms with Gasteiger partial charge in [0.2, 0.25) is 0 Å². The molecule has 1 saturated heterocycles. The Morgan fingerprint density at radius 3 is 2.71 bits per heavy atom. The molecule has 1 aromatic carbocycles. The minimum absolute atomic E-state index is 0.123. The molecule has 92 valence electrons. The summed E-state index contributed by atoms with van der Waals surface area (Å²) in [5.41, 5.74) is 6.75. The van der Waals surface area contributed by atoms with Crippen LogP contribution in [-0.2, 0) is 9.47 Å². The molecular formula is C12H16N2O3. The minimum atomic E-state index is -0.325. The van der Waals surface area contributed by atoms with Crippen molar-refractivity contribution >= 4 is 11.6 Å². The Morgan fingerprint density at radius 2 is 2.06 bits per heavy atom. The number of ether oxygens (including phenoxy) is 2. The Hall–Kier alpha value is -1.59. The second-order valence-electron chi connectivity index (χ2n) is 3.94. The maximum Gasteiger partial charge on any atom is 0.255 e. The molecule has 0 bridgehead atoms. The molecule has 0 atom stereocenters. The summed E-state index contributed by atoms with van der Waals surface area (Å²) in [4.78, 5) is 13.6. The first-order chi connectivity index (χ1) is 8.18. The average Bonchev–Trinajstić information content (AvgIpc) is 2.81. The maximum absolute atomic E-state index is 12.1. The van der Waals surface area contributed by atoms with Gasteiger partial charge in [0.15, 0.2) is 6.29 Å². The van der Waals surface area contributed by atoms with E-state index in [1.165, 1.54) is 0 Å². The molecule has 0 aromatic heterocycles. The van der Waals surface area contributed by atoms with Crippen LogP contribution in [0.25, 0.3) is 0 Å². The van der Waals surface area contributed by atoms with Gasteiger partial charge in [0.05, 0.1) is 25.3 Å². The average molecular weight is 236 g/mol. The molecule has 0 saturated carbocycles. The van der Waals surface area contributed by atoms with E-state index in [4.69, 9.17) is 15.2 Å². The van der Waals surface area contributed by atoms with Gasteiger partial charge in [0.25, 0.3) is 5.91 Å². The quantitative estimate of drug-likeness (QED) is 0.785. The molecule has 0 aliphatic carbocycles. The van der Waals surface area contributed by atoms with Gasteiger partial charge in [0, 0.05) is 12.7 Å². The molecule has 1 aliphatic rings. The number of carbonyl (C=O) groups is 1. The summed E-state index contributed by atoms with van der Waals surface area (Å²) in [5.74, 6) is -0.123. The van der Waals surface area contributed by atoms with E-state index in [9.17, 15) is 4.79 Å². The number of likely N-dealkylation sites (N-methyl/N-ethyl adjacent to an activating group) is 1. The van der Waals surface area contributed by atoms with Crippen LogP contribution < -0.4 is 5.73 Å². The first kappa shape index (κ1) is 11.9. The third-order valence-electron chi connectivity index (χ3n) is 2.65. The molecule has 17 heavy (non-hydrogen) atoms. The summed E-state index contributed by atoms with van der Waals surface area (Å²) in [5, 5.41) is 0. The van der Waals surface area contributed by atoms with Crippen LogP contribution in [0.3, 0.4) is 0 Å². The van der Waals surface area contributed by atoms with Crippen molar-refractivity contribution in [3.63, 3.8) is 0 Å². The molecule has 0 radical (unpaired) electrons. The Morgan fingerprint density at radius 1 is 1.41 bits per heavy atom. The van der Waals surface area contributed by atoms with Crippen molar-refractivity contribution in [1.29, 1.82) is 0 Å². The van der Waals surface area contributed by atoms with Crippen molar-refractivity contribution in [2.75, 3.05) is 32.5 Å². The lowest BCUT2D eigenvalue weighted by Crippen LogP contribution is -2.35.